The molecule has 0 aliphatic rings. The Morgan fingerprint density at radius 1 is 1.15 bits per heavy atom. The van der Waals surface area contributed by atoms with Crippen molar-refractivity contribution in [3.05, 3.63) is 70.5 Å². The first-order valence-electron chi connectivity index (χ1n) is 8.50. The third kappa shape index (κ3) is 3.38. The number of para-hydroxylation sites is 1. The molecule has 0 aliphatic carbocycles. The van der Waals surface area contributed by atoms with Gasteiger partial charge in [-0.15, -0.1) is 0 Å². The van der Waals surface area contributed by atoms with Crippen LogP contribution in [0, 0.1) is 5.82 Å². The van der Waals surface area contributed by atoms with Gasteiger partial charge in [0.25, 0.3) is 5.56 Å². The maximum Gasteiger partial charge on any atom is 0.261 e. The largest absolute Gasteiger partial charge is 0.298 e. The van der Waals surface area contributed by atoms with Gasteiger partial charge in [-0.1, -0.05) is 19.1 Å². The van der Waals surface area contributed by atoms with Gasteiger partial charge in [0, 0.05) is 13.6 Å². The number of nitrogens with zero attached hydrogens (tertiary/aromatic N) is 3. The minimum atomic E-state index is -3.89. The lowest BCUT2D eigenvalue weighted by Crippen LogP contribution is -2.37. The molecule has 0 saturated carbocycles. The molecule has 1 heterocycles. The summed E-state index contributed by atoms with van der Waals surface area (Å²) in [6.07, 6.45) is 0. The summed E-state index contributed by atoms with van der Waals surface area (Å²) in [6.45, 7) is 3.56. The van der Waals surface area contributed by atoms with Gasteiger partial charge in [-0.3, -0.25) is 9.36 Å². The number of rotatable bonds is 5. The second-order valence-corrected chi connectivity index (χ2v) is 8.08. The molecule has 6 nitrogen and oxygen atoms in total. The van der Waals surface area contributed by atoms with Crippen molar-refractivity contribution in [1.82, 2.24) is 13.9 Å². The van der Waals surface area contributed by atoms with Crippen molar-refractivity contribution in [1.29, 1.82) is 0 Å². The Bertz CT molecular complexity index is 1140. The molecule has 0 amide bonds. The van der Waals surface area contributed by atoms with E-state index in [4.69, 9.17) is 0 Å². The standard InChI is InChI=1S/C19H20FN3O3S/c1-4-23(27(25,26)15-11-9-14(20)10-12-15)13(2)18-21-17-8-6-5-7-16(17)19(24)22(18)3/h5-13H,4H2,1-3H3. The minimum Gasteiger partial charge on any atom is -0.298 e. The molecule has 0 N–H and O–H groups in total. The Morgan fingerprint density at radius 3 is 2.41 bits per heavy atom. The molecule has 0 bridgehead atoms. The smallest absolute Gasteiger partial charge is 0.261 e. The molecule has 1 aromatic heterocycles. The van der Waals surface area contributed by atoms with E-state index in [1.807, 2.05) is 0 Å². The quantitative estimate of drug-likeness (QED) is 0.673. The lowest BCUT2D eigenvalue weighted by Gasteiger charge is -2.28. The highest BCUT2D eigenvalue weighted by Gasteiger charge is 2.31. The zero-order chi connectivity index (χ0) is 19.8. The highest BCUT2D eigenvalue weighted by Crippen LogP contribution is 2.26. The topological polar surface area (TPSA) is 72.3 Å². The second-order valence-electron chi connectivity index (χ2n) is 6.19. The van der Waals surface area contributed by atoms with E-state index in [2.05, 4.69) is 4.98 Å². The van der Waals surface area contributed by atoms with Crippen LogP contribution >= 0.6 is 0 Å². The molecule has 0 radical (unpaired) electrons. The van der Waals surface area contributed by atoms with Gasteiger partial charge in [0.15, 0.2) is 0 Å². The molecule has 27 heavy (non-hydrogen) atoms. The van der Waals surface area contributed by atoms with E-state index < -0.39 is 21.9 Å². The number of sulfonamides is 1. The summed E-state index contributed by atoms with van der Waals surface area (Å²) in [7, 11) is -2.31. The molecule has 3 aromatic rings. The molecule has 0 aliphatic heterocycles. The summed E-state index contributed by atoms with van der Waals surface area (Å²) in [5.41, 5.74) is 0.273. The highest BCUT2D eigenvalue weighted by molar-refractivity contribution is 7.89. The Hall–Kier alpha value is -2.58. The van der Waals surface area contributed by atoms with E-state index in [0.29, 0.717) is 16.7 Å². The van der Waals surface area contributed by atoms with Crippen LogP contribution in [-0.4, -0.2) is 28.8 Å². The lowest BCUT2D eigenvalue weighted by atomic mass is 10.2. The van der Waals surface area contributed by atoms with Crippen LogP contribution in [0.3, 0.4) is 0 Å². The van der Waals surface area contributed by atoms with E-state index in [9.17, 15) is 17.6 Å². The monoisotopic (exact) mass is 389 g/mol. The van der Waals surface area contributed by atoms with Crippen LogP contribution in [0.15, 0.2) is 58.2 Å². The molecule has 0 spiro atoms. The first-order valence-corrected chi connectivity index (χ1v) is 9.94. The molecular weight excluding hydrogens is 369 g/mol. The summed E-state index contributed by atoms with van der Waals surface area (Å²) in [5.74, 6) is -0.171. The van der Waals surface area contributed by atoms with Crippen LogP contribution < -0.4 is 5.56 Å². The van der Waals surface area contributed by atoms with Gasteiger partial charge in [0.1, 0.15) is 11.6 Å². The average molecular weight is 389 g/mol. The maximum absolute atomic E-state index is 13.2. The van der Waals surface area contributed by atoms with Gasteiger partial charge in [-0.25, -0.2) is 17.8 Å². The fourth-order valence-corrected chi connectivity index (χ4v) is 4.73. The van der Waals surface area contributed by atoms with Crippen molar-refractivity contribution in [2.45, 2.75) is 24.8 Å². The van der Waals surface area contributed by atoms with Crippen LogP contribution in [0.25, 0.3) is 10.9 Å². The van der Waals surface area contributed by atoms with Crippen LogP contribution in [0.5, 0.6) is 0 Å². The molecule has 3 rings (SSSR count). The highest BCUT2D eigenvalue weighted by atomic mass is 32.2. The van der Waals surface area contributed by atoms with Crippen LogP contribution in [0.1, 0.15) is 25.7 Å². The Kier molecular flexibility index (Phi) is 5.12. The fourth-order valence-electron chi connectivity index (χ4n) is 3.13. The summed E-state index contributed by atoms with van der Waals surface area (Å²) >= 11 is 0. The van der Waals surface area contributed by atoms with Crippen molar-refractivity contribution in [2.24, 2.45) is 7.05 Å². The molecule has 142 valence electrons. The normalized spacial score (nSPS) is 13.2. The first kappa shape index (κ1) is 19.2. The SMILES string of the molecule is CCN(C(C)c1nc2ccccc2c(=O)n1C)S(=O)(=O)c1ccc(F)cc1. The van der Waals surface area contributed by atoms with E-state index in [1.165, 1.54) is 21.0 Å². The van der Waals surface area contributed by atoms with Crippen LogP contribution in [0.2, 0.25) is 0 Å². The molecule has 0 fully saturated rings. The maximum atomic E-state index is 13.2. The van der Waals surface area contributed by atoms with Gasteiger partial charge >= 0.3 is 0 Å². The van der Waals surface area contributed by atoms with Crippen molar-refractivity contribution in [3.63, 3.8) is 0 Å². The Morgan fingerprint density at radius 2 is 1.78 bits per heavy atom. The molecule has 0 saturated heterocycles. The number of benzene rings is 2. The Labute approximate surface area is 156 Å². The molecular formula is C19H20FN3O3S. The lowest BCUT2D eigenvalue weighted by molar-refractivity contribution is 0.337. The van der Waals surface area contributed by atoms with E-state index in [0.717, 1.165) is 12.1 Å². The molecule has 2 aromatic carbocycles. The van der Waals surface area contributed by atoms with Gasteiger partial charge in [-0.2, -0.15) is 4.31 Å². The zero-order valence-corrected chi connectivity index (χ0v) is 16.1. The van der Waals surface area contributed by atoms with Gasteiger partial charge in [-0.05, 0) is 43.3 Å². The number of halogens is 1. The predicted molar refractivity (Wildman–Crippen MR) is 101 cm³/mol. The number of hydrogen-bond donors (Lipinski definition) is 0. The van der Waals surface area contributed by atoms with Gasteiger partial charge in [0.2, 0.25) is 10.0 Å². The number of fused-ring (bicyclic) bond motifs is 1. The average Bonchev–Trinajstić information content (AvgIpc) is 2.65. The van der Waals surface area contributed by atoms with Crippen LogP contribution in [0.4, 0.5) is 4.39 Å². The third-order valence-corrected chi connectivity index (χ3v) is 6.62. The molecule has 1 unspecified atom stereocenters. The fraction of sp³-hybridized carbons (Fsp3) is 0.263. The summed E-state index contributed by atoms with van der Waals surface area (Å²) in [6, 6.07) is 10.9. The van der Waals surface area contributed by atoms with E-state index in [1.54, 1.807) is 45.2 Å². The van der Waals surface area contributed by atoms with Crippen molar-refractivity contribution >= 4 is 20.9 Å². The summed E-state index contributed by atoms with van der Waals surface area (Å²) in [5, 5.41) is 0.473. The molecule has 8 heteroatoms. The van der Waals surface area contributed by atoms with Crippen molar-refractivity contribution < 1.29 is 12.8 Å². The molecule has 1 atom stereocenters. The van der Waals surface area contributed by atoms with E-state index >= 15 is 0 Å². The summed E-state index contributed by atoms with van der Waals surface area (Å²) in [4.78, 5) is 17.1. The second kappa shape index (κ2) is 7.21. The van der Waals surface area contributed by atoms with Crippen molar-refractivity contribution in [2.75, 3.05) is 6.54 Å². The predicted octanol–water partition coefficient (Wildman–Crippen LogP) is 2.84. The van der Waals surface area contributed by atoms with E-state index in [-0.39, 0.29) is 17.0 Å². The summed E-state index contributed by atoms with van der Waals surface area (Å²) < 4.78 is 41.9. The third-order valence-electron chi connectivity index (χ3n) is 4.56. The van der Waals surface area contributed by atoms with Gasteiger partial charge in [0.05, 0.1) is 21.8 Å². The number of aromatic nitrogens is 2. The Balaban J connectivity index is 2.11. The van der Waals surface area contributed by atoms with Crippen LogP contribution in [-0.2, 0) is 17.1 Å². The minimum absolute atomic E-state index is 0.0108. The van der Waals surface area contributed by atoms with Crippen molar-refractivity contribution in [3.8, 4) is 0 Å². The number of hydrogen-bond acceptors (Lipinski definition) is 4. The zero-order valence-electron chi connectivity index (χ0n) is 15.3. The first-order chi connectivity index (χ1) is 12.8. The van der Waals surface area contributed by atoms with Gasteiger partial charge < -0.3 is 0 Å².